The number of hydrogen-bond donors (Lipinski definition) is 2. The van der Waals surface area contributed by atoms with E-state index in [0.29, 0.717) is 6.04 Å². The number of benzene rings is 1. The fraction of sp³-hybridized carbons (Fsp3) is 0.471. The monoisotopic (exact) mass is 271 g/mol. The summed E-state index contributed by atoms with van der Waals surface area (Å²) in [5.74, 6) is 0. The zero-order chi connectivity index (χ0) is 13.9. The van der Waals surface area contributed by atoms with Gasteiger partial charge in [0.2, 0.25) is 0 Å². The minimum Gasteiger partial charge on any atom is -0.340 e. The molecular formula is C17H23N2O+. The van der Waals surface area contributed by atoms with Crippen LogP contribution < -0.4 is 10.9 Å². The standard InChI is InChI=1S/C17H22N2O/c1-12-7-8-16-13(9-12)10-14(17(20)19-16)11-18-15-5-3-2-4-6-15/h7-10,15,18H,2-6,11H2,1H3,(H,19,20)/p+1. The lowest BCUT2D eigenvalue weighted by Gasteiger charge is -2.19. The molecule has 1 aliphatic rings. The van der Waals surface area contributed by atoms with E-state index >= 15 is 0 Å². The third-order valence-electron chi connectivity index (χ3n) is 4.40. The van der Waals surface area contributed by atoms with Crippen LogP contribution in [0.2, 0.25) is 0 Å². The molecule has 3 N–H and O–H groups in total. The van der Waals surface area contributed by atoms with E-state index in [4.69, 9.17) is 0 Å². The molecule has 1 fully saturated rings. The van der Waals surface area contributed by atoms with Gasteiger partial charge in [-0.2, -0.15) is 0 Å². The molecule has 3 heteroatoms. The second-order valence-electron chi connectivity index (χ2n) is 6.05. The smallest absolute Gasteiger partial charge is 0.257 e. The summed E-state index contributed by atoms with van der Waals surface area (Å²) in [6, 6.07) is 8.92. The number of nitrogens with one attached hydrogen (secondary N) is 1. The van der Waals surface area contributed by atoms with Crippen molar-refractivity contribution in [3.8, 4) is 0 Å². The summed E-state index contributed by atoms with van der Waals surface area (Å²) < 4.78 is 0. The highest BCUT2D eigenvalue weighted by Crippen LogP contribution is 2.15. The Hall–Kier alpha value is -1.61. The van der Waals surface area contributed by atoms with Crippen molar-refractivity contribution in [1.29, 1.82) is 0 Å². The van der Waals surface area contributed by atoms with Crippen molar-refractivity contribution in [2.24, 2.45) is 0 Å². The van der Waals surface area contributed by atoms with E-state index in [-0.39, 0.29) is 5.56 Å². The molecule has 20 heavy (non-hydrogen) atoms. The summed E-state index contributed by atoms with van der Waals surface area (Å²) >= 11 is 0. The zero-order valence-electron chi connectivity index (χ0n) is 12.1. The summed E-state index contributed by atoms with van der Waals surface area (Å²) in [5, 5.41) is 3.49. The van der Waals surface area contributed by atoms with Crippen LogP contribution in [0.3, 0.4) is 0 Å². The lowest BCUT2D eigenvalue weighted by molar-refractivity contribution is -0.706. The molecule has 0 saturated heterocycles. The van der Waals surface area contributed by atoms with Gasteiger partial charge >= 0.3 is 0 Å². The molecule has 106 valence electrons. The fourth-order valence-electron chi connectivity index (χ4n) is 3.19. The van der Waals surface area contributed by atoms with E-state index < -0.39 is 0 Å². The largest absolute Gasteiger partial charge is 0.340 e. The lowest BCUT2D eigenvalue weighted by Crippen LogP contribution is -2.89. The van der Waals surface area contributed by atoms with Crippen LogP contribution in [-0.2, 0) is 6.54 Å². The molecule has 2 aromatic rings. The Bertz CT molecular complexity index is 654. The highest BCUT2D eigenvalue weighted by atomic mass is 16.1. The Kier molecular flexibility index (Phi) is 3.88. The molecule has 0 bridgehead atoms. The maximum Gasteiger partial charge on any atom is 0.257 e. The molecule has 1 aromatic heterocycles. The summed E-state index contributed by atoms with van der Waals surface area (Å²) in [5.41, 5.74) is 3.12. The molecular weight excluding hydrogens is 248 g/mol. The quantitative estimate of drug-likeness (QED) is 0.883. The van der Waals surface area contributed by atoms with E-state index in [9.17, 15) is 4.79 Å². The van der Waals surface area contributed by atoms with Crippen LogP contribution in [0.15, 0.2) is 29.1 Å². The molecule has 0 atom stereocenters. The molecule has 3 rings (SSSR count). The molecule has 0 aliphatic heterocycles. The van der Waals surface area contributed by atoms with E-state index in [1.807, 2.05) is 12.1 Å². The average molecular weight is 271 g/mol. The van der Waals surface area contributed by atoms with E-state index in [0.717, 1.165) is 23.0 Å². The number of rotatable bonds is 3. The number of H-pyrrole nitrogens is 1. The summed E-state index contributed by atoms with van der Waals surface area (Å²) in [6.07, 6.45) is 6.65. The minimum atomic E-state index is 0.0633. The second kappa shape index (κ2) is 5.80. The van der Waals surface area contributed by atoms with Gasteiger partial charge in [-0.15, -0.1) is 0 Å². The molecule has 1 aliphatic carbocycles. The van der Waals surface area contributed by atoms with Crippen molar-refractivity contribution in [2.45, 2.75) is 51.6 Å². The number of pyridine rings is 1. The molecule has 1 heterocycles. The predicted octanol–water partition coefficient (Wildman–Crippen LogP) is 2.23. The lowest BCUT2D eigenvalue weighted by atomic mass is 9.95. The minimum absolute atomic E-state index is 0.0633. The van der Waals surface area contributed by atoms with Crippen LogP contribution in [0.25, 0.3) is 10.9 Å². The normalized spacial score (nSPS) is 16.6. The van der Waals surface area contributed by atoms with Gasteiger partial charge in [0.05, 0.1) is 11.6 Å². The first-order chi connectivity index (χ1) is 9.72. The Balaban J connectivity index is 1.79. The maximum absolute atomic E-state index is 12.1. The van der Waals surface area contributed by atoms with E-state index in [1.54, 1.807) is 0 Å². The summed E-state index contributed by atoms with van der Waals surface area (Å²) in [7, 11) is 0. The van der Waals surface area contributed by atoms with Gasteiger partial charge in [0.1, 0.15) is 6.54 Å². The van der Waals surface area contributed by atoms with Crippen molar-refractivity contribution in [1.82, 2.24) is 4.98 Å². The average Bonchev–Trinajstić information content (AvgIpc) is 2.46. The van der Waals surface area contributed by atoms with Gasteiger partial charge in [0, 0.05) is 5.52 Å². The first-order valence-electron chi connectivity index (χ1n) is 7.68. The van der Waals surface area contributed by atoms with Gasteiger partial charge in [0.25, 0.3) is 5.56 Å². The van der Waals surface area contributed by atoms with Crippen LogP contribution in [0.5, 0.6) is 0 Å². The molecule has 0 amide bonds. The van der Waals surface area contributed by atoms with Crippen LogP contribution in [0, 0.1) is 6.92 Å². The van der Waals surface area contributed by atoms with E-state index in [1.165, 1.54) is 37.7 Å². The highest BCUT2D eigenvalue weighted by molar-refractivity contribution is 5.79. The van der Waals surface area contributed by atoms with Gasteiger partial charge in [-0.1, -0.05) is 18.1 Å². The Morgan fingerprint density at radius 1 is 1.20 bits per heavy atom. The molecule has 0 unspecified atom stereocenters. The maximum atomic E-state index is 12.1. The number of hydrogen-bond acceptors (Lipinski definition) is 1. The Labute approximate surface area is 119 Å². The van der Waals surface area contributed by atoms with Crippen molar-refractivity contribution in [3.05, 3.63) is 45.7 Å². The number of aromatic nitrogens is 1. The van der Waals surface area contributed by atoms with Gasteiger partial charge in [-0.05, 0) is 56.2 Å². The fourth-order valence-corrected chi connectivity index (χ4v) is 3.19. The van der Waals surface area contributed by atoms with Crippen LogP contribution >= 0.6 is 0 Å². The first-order valence-corrected chi connectivity index (χ1v) is 7.68. The Morgan fingerprint density at radius 3 is 2.80 bits per heavy atom. The highest BCUT2D eigenvalue weighted by Gasteiger charge is 2.16. The van der Waals surface area contributed by atoms with Gasteiger partial charge in [-0.25, -0.2) is 0 Å². The van der Waals surface area contributed by atoms with Crippen molar-refractivity contribution in [3.63, 3.8) is 0 Å². The SMILES string of the molecule is Cc1ccc2[nH]c(=O)c(C[NH2+]C3CCCCC3)cc2c1. The van der Waals surface area contributed by atoms with Gasteiger partial charge in [-0.3, -0.25) is 4.79 Å². The van der Waals surface area contributed by atoms with Crippen molar-refractivity contribution < 1.29 is 5.32 Å². The van der Waals surface area contributed by atoms with Gasteiger partial charge < -0.3 is 10.3 Å². The number of aromatic amines is 1. The van der Waals surface area contributed by atoms with Crippen molar-refractivity contribution in [2.75, 3.05) is 0 Å². The Morgan fingerprint density at radius 2 is 2.00 bits per heavy atom. The van der Waals surface area contributed by atoms with Crippen LogP contribution in [0.1, 0.15) is 43.2 Å². The summed E-state index contributed by atoms with van der Waals surface area (Å²) in [4.78, 5) is 15.1. The van der Waals surface area contributed by atoms with Crippen LogP contribution in [-0.4, -0.2) is 11.0 Å². The van der Waals surface area contributed by atoms with Gasteiger partial charge in [0.15, 0.2) is 0 Å². The third-order valence-corrected chi connectivity index (χ3v) is 4.40. The first kappa shape index (κ1) is 13.4. The molecule has 1 aromatic carbocycles. The van der Waals surface area contributed by atoms with E-state index in [2.05, 4.69) is 29.4 Å². The number of nitrogens with two attached hydrogens (primary N) is 1. The van der Waals surface area contributed by atoms with Crippen LogP contribution in [0.4, 0.5) is 0 Å². The molecule has 0 radical (unpaired) electrons. The number of aryl methyl sites for hydroxylation is 1. The summed E-state index contributed by atoms with van der Waals surface area (Å²) in [6.45, 7) is 2.88. The zero-order valence-corrected chi connectivity index (χ0v) is 12.1. The van der Waals surface area contributed by atoms with Crippen molar-refractivity contribution >= 4 is 10.9 Å². The molecule has 1 saturated carbocycles. The third kappa shape index (κ3) is 2.93. The number of fused-ring (bicyclic) bond motifs is 1. The molecule has 3 nitrogen and oxygen atoms in total. The predicted molar refractivity (Wildman–Crippen MR) is 81.8 cm³/mol. The molecule has 0 spiro atoms. The second-order valence-corrected chi connectivity index (χ2v) is 6.05. The number of quaternary nitrogens is 1. The topological polar surface area (TPSA) is 49.5 Å².